The number of carboxylic acid groups (broad SMARTS) is 2. The molecule has 6 nitrogen and oxygen atoms in total. The highest BCUT2D eigenvalue weighted by Crippen LogP contribution is 2.18. The van der Waals surface area contributed by atoms with Crippen LogP contribution in [-0.2, 0) is 9.59 Å². The maximum absolute atomic E-state index is 11.0. The van der Waals surface area contributed by atoms with E-state index in [1.165, 1.54) is 4.90 Å². The molecule has 1 aromatic rings. The number of nitrogens with zero attached hydrogens (tertiary/aromatic N) is 1. The van der Waals surface area contributed by atoms with Gasteiger partial charge in [-0.2, -0.15) is 0 Å². The van der Waals surface area contributed by atoms with Crippen molar-refractivity contribution < 1.29 is 19.8 Å². The number of rotatable bonds is 8. The molecule has 0 bridgehead atoms. The zero-order valence-corrected chi connectivity index (χ0v) is 11.9. The minimum atomic E-state index is -1.25. The molecule has 0 aliphatic heterocycles. The van der Waals surface area contributed by atoms with Crippen LogP contribution >= 0.6 is 23.2 Å². The first-order chi connectivity index (χ1) is 9.43. The van der Waals surface area contributed by atoms with E-state index < -0.39 is 22.9 Å². The number of nitrogens with one attached hydrogen (secondary N) is 1. The van der Waals surface area contributed by atoms with Crippen molar-refractivity contribution in [3.05, 3.63) is 30.3 Å². The fourth-order valence-corrected chi connectivity index (χ4v) is 1.84. The predicted molar refractivity (Wildman–Crippen MR) is 76.3 cm³/mol. The molecule has 0 saturated heterocycles. The van der Waals surface area contributed by atoms with Crippen LogP contribution in [0.5, 0.6) is 0 Å². The van der Waals surface area contributed by atoms with Crippen molar-refractivity contribution in [2.45, 2.75) is 11.0 Å². The molecule has 2 atom stereocenters. The van der Waals surface area contributed by atoms with Gasteiger partial charge in [-0.05, 0) is 12.1 Å². The smallest absolute Gasteiger partial charge is 0.342 e. The van der Waals surface area contributed by atoms with Crippen molar-refractivity contribution in [1.82, 2.24) is 5.32 Å². The Bertz CT molecular complexity index is 458. The summed E-state index contributed by atoms with van der Waals surface area (Å²) in [6.07, 6.45) is 0. The number of halogens is 2. The van der Waals surface area contributed by atoms with E-state index in [0.29, 0.717) is 5.69 Å². The van der Waals surface area contributed by atoms with Crippen molar-refractivity contribution >= 4 is 40.8 Å². The molecule has 0 saturated carbocycles. The second kappa shape index (κ2) is 7.94. The molecule has 0 aliphatic rings. The first-order valence-electron chi connectivity index (χ1n) is 5.72. The molecule has 0 aromatic heterocycles. The van der Waals surface area contributed by atoms with Gasteiger partial charge in [-0.25, -0.2) is 9.59 Å². The molecule has 2 unspecified atom stereocenters. The van der Waals surface area contributed by atoms with Crippen molar-refractivity contribution in [2.24, 2.45) is 0 Å². The van der Waals surface area contributed by atoms with E-state index in [4.69, 9.17) is 33.4 Å². The van der Waals surface area contributed by atoms with Crippen LogP contribution in [0.1, 0.15) is 0 Å². The molecule has 1 rings (SSSR count). The highest BCUT2D eigenvalue weighted by molar-refractivity contribution is 6.31. The van der Waals surface area contributed by atoms with Crippen LogP contribution in [0.4, 0.5) is 5.69 Å². The van der Waals surface area contributed by atoms with Gasteiger partial charge in [0.05, 0.1) is 0 Å². The SMILES string of the molecule is O=C(O)C(Cl)NCCN(c1ccccc1)C(Cl)C(=O)O. The largest absolute Gasteiger partial charge is 0.479 e. The Morgan fingerprint density at radius 3 is 2.25 bits per heavy atom. The number of hydrogen-bond acceptors (Lipinski definition) is 4. The van der Waals surface area contributed by atoms with Gasteiger partial charge in [-0.1, -0.05) is 41.4 Å². The van der Waals surface area contributed by atoms with Crippen molar-refractivity contribution in [3.8, 4) is 0 Å². The Hall–Kier alpha value is -1.50. The summed E-state index contributed by atoms with van der Waals surface area (Å²) in [7, 11) is 0. The lowest BCUT2D eigenvalue weighted by Crippen LogP contribution is -2.43. The highest BCUT2D eigenvalue weighted by atomic mass is 35.5. The van der Waals surface area contributed by atoms with Crippen LogP contribution in [0.25, 0.3) is 0 Å². The number of alkyl halides is 2. The molecule has 8 heteroatoms. The number of benzene rings is 1. The van der Waals surface area contributed by atoms with Crippen molar-refractivity contribution in [3.63, 3.8) is 0 Å². The lowest BCUT2D eigenvalue weighted by Gasteiger charge is -2.27. The second-order valence-electron chi connectivity index (χ2n) is 3.86. The summed E-state index contributed by atoms with van der Waals surface area (Å²) in [5, 5.41) is 20.2. The lowest BCUT2D eigenvalue weighted by atomic mass is 10.3. The summed E-state index contributed by atoms with van der Waals surface area (Å²) < 4.78 is 0. The summed E-state index contributed by atoms with van der Waals surface area (Å²) in [5.41, 5.74) is -1.86. The van der Waals surface area contributed by atoms with E-state index in [0.717, 1.165) is 0 Å². The molecule has 0 radical (unpaired) electrons. The van der Waals surface area contributed by atoms with Crippen LogP contribution in [0.3, 0.4) is 0 Å². The van der Waals surface area contributed by atoms with E-state index in [9.17, 15) is 9.59 Å². The fourth-order valence-electron chi connectivity index (χ4n) is 1.53. The zero-order chi connectivity index (χ0) is 15.1. The maximum Gasteiger partial charge on any atom is 0.342 e. The summed E-state index contributed by atoms with van der Waals surface area (Å²) >= 11 is 11.4. The Morgan fingerprint density at radius 1 is 1.15 bits per heavy atom. The van der Waals surface area contributed by atoms with E-state index in [-0.39, 0.29) is 13.1 Å². The third-order valence-corrected chi connectivity index (χ3v) is 3.22. The summed E-state index contributed by atoms with van der Waals surface area (Å²) in [6.45, 7) is 0.368. The van der Waals surface area contributed by atoms with E-state index in [1.54, 1.807) is 30.3 Å². The highest BCUT2D eigenvalue weighted by Gasteiger charge is 2.23. The lowest BCUT2D eigenvalue weighted by molar-refractivity contribution is -0.138. The number of aliphatic carboxylic acids is 2. The molecular weight excluding hydrogens is 307 g/mol. The van der Waals surface area contributed by atoms with E-state index in [2.05, 4.69) is 5.32 Å². The van der Waals surface area contributed by atoms with Gasteiger partial charge in [0.2, 0.25) is 5.50 Å². The Kier molecular flexibility index (Phi) is 6.57. The van der Waals surface area contributed by atoms with Crippen LogP contribution in [0.2, 0.25) is 0 Å². The molecule has 0 fully saturated rings. The normalized spacial score (nSPS) is 13.5. The van der Waals surface area contributed by atoms with Crippen LogP contribution in [-0.4, -0.2) is 46.2 Å². The molecular formula is C12H14Cl2N2O4. The molecule has 3 N–H and O–H groups in total. The number of carbonyl (C=O) groups is 2. The van der Waals surface area contributed by atoms with Gasteiger partial charge in [-0.3, -0.25) is 5.32 Å². The number of hydrogen-bond donors (Lipinski definition) is 3. The maximum atomic E-state index is 11.0. The zero-order valence-electron chi connectivity index (χ0n) is 10.4. The third kappa shape index (κ3) is 4.88. The first-order valence-corrected chi connectivity index (χ1v) is 6.59. The van der Waals surface area contributed by atoms with Crippen LogP contribution in [0, 0.1) is 0 Å². The van der Waals surface area contributed by atoms with Gasteiger partial charge >= 0.3 is 11.9 Å². The number of para-hydroxylation sites is 1. The van der Waals surface area contributed by atoms with Gasteiger partial charge in [0.1, 0.15) is 0 Å². The number of carboxylic acids is 2. The van der Waals surface area contributed by atoms with Gasteiger partial charge in [0.15, 0.2) is 5.50 Å². The third-order valence-electron chi connectivity index (χ3n) is 2.46. The topological polar surface area (TPSA) is 89.9 Å². The van der Waals surface area contributed by atoms with E-state index >= 15 is 0 Å². The molecule has 110 valence electrons. The van der Waals surface area contributed by atoms with E-state index in [1.807, 2.05) is 0 Å². The number of anilines is 1. The predicted octanol–water partition coefficient (Wildman–Crippen LogP) is 1.38. The summed E-state index contributed by atoms with van der Waals surface area (Å²) in [4.78, 5) is 23.0. The standard InChI is InChI=1S/C12H14Cl2N2O4/c13-9(11(17)18)15-6-7-16(10(14)12(19)20)8-4-2-1-3-5-8/h1-5,9-10,15H,6-7H2,(H,17,18)(H,19,20). The average molecular weight is 321 g/mol. The average Bonchev–Trinajstić information content (AvgIpc) is 2.43. The van der Waals surface area contributed by atoms with Crippen LogP contribution in [0.15, 0.2) is 30.3 Å². The van der Waals surface area contributed by atoms with Crippen molar-refractivity contribution in [2.75, 3.05) is 18.0 Å². The quantitative estimate of drug-likeness (QED) is 0.495. The molecule has 0 aliphatic carbocycles. The van der Waals surface area contributed by atoms with Crippen molar-refractivity contribution in [1.29, 1.82) is 0 Å². The summed E-state index contributed by atoms with van der Waals surface area (Å²) in [5.74, 6) is -2.38. The summed E-state index contributed by atoms with van der Waals surface area (Å²) in [6, 6.07) is 8.73. The Labute approximate surface area is 125 Å². The van der Waals surface area contributed by atoms with Gasteiger partial charge in [0, 0.05) is 18.8 Å². The minimum absolute atomic E-state index is 0.172. The molecule has 0 spiro atoms. The monoisotopic (exact) mass is 320 g/mol. The Balaban J connectivity index is 2.70. The fraction of sp³-hybridized carbons (Fsp3) is 0.333. The van der Waals surface area contributed by atoms with Crippen LogP contribution < -0.4 is 10.2 Å². The minimum Gasteiger partial charge on any atom is -0.479 e. The van der Waals surface area contributed by atoms with Gasteiger partial charge < -0.3 is 15.1 Å². The second-order valence-corrected chi connectivity index (χ2v) is 4.71. The van der Waals surface area contributed by atoms with Gasteiger partial charge in [0.25, 0.3) is 0 Å². The molecule has 1 aromatic carbocycles. The molecule has 0 heterocycles. The van der Waals surface area contributed by atoms with Gasteiger partial charge in [-0.15, -0.1) is 0 Å². The molecule has 0 amide bonds. The first kappa shape index (κ1) is 16.6. The molecule has 20 heavy (non-hydrogen) atoms. The Morgan fingerprint density at radius 2 is 1.75 bits per heavy atom.